The molecule has 1 amide bonds. The Labute approximate surface area is 195 Å². The second-order valence-electron chi connectivity index (χ2n) is 9.66. The minimum atomic E-state index is -0.0963. The van der Waals surface area contributed by atoms with E-state index in [1.165, 1.54) is 44.3 Å². The molecule has 7 nitrogen and oxygen atoms in total. The van der Waals surface area contributed by atoms with Crippen LogP contribution in [-0.4, -0.2) is 70.2 Å². The molecule has 1 aromatic carbocycles. The van der Waals surface area contributed by atoms with Gasteiger partial charge < -0.3 is 10.2 Å². The fraction of sp³-hybridized carbons (Fsp3) is 0.500. The van der Waals surface area contributed by atoms with Crippen molar-refractivity contribution in [3.63, 3.8) is 0 Å². The van der Waals surface area contributed by atoms with Crippen LogP contribution in [0.1, 0.15) is 54.6 Å². The molecule has 2 aromatic heterocycles. The first-order valence-electron chi connectivity index (χ1n) is 12.3. The lowest BCUT2D eigenvalue weighted by Gasteiger charge is -2.29. The minimum absolute atomic E-state index is 0.0963. The molecule has 2 N–H and O–H groups in total. The number of carbonyl (C=O) groups excluding carboxylic acids is 1. The van der Waals surface area contributed by atoms with Crippen LogP contribution >= 0.6 is 0 Å². The molecule has 0 unspecified atom stereocenters. The van der Waals surface area contributed by atoms with Crippen LogP contribution < -0.4 is 5.32 Å². The van der Waals surface area contributed by atoms with Gasteiger partial charge in [-0.05, 0) is 88.2 Å². The highest BCUT2D eigenvalue weighted by Crippen LogP contribution is 2.26. The maximum Gasteiger partial charge on any atom is 0.272 e. The predicted molar refractivity (Wildman–Crippen MR) is 131 cm³/mol. The third-order valence-corrected chi connectivity index (χ3v) is 7.06. The molecule has 4 heterocycles. The molecule has 0 radical (unpaired) electrons. The molecule has 33 heavy (non-hydrogen) atoms. The van der Waals surface area contributed by atoms with E-state index in [0.717, 1.165) is 54.5 Å². The van der Waals surface area contributed by atoms with Crippen LogP contribution in [0.25, 0.3) is 22.0 Å². The summed E-state index contributed by atoms with van der Waals surface area (Å²) in [7, 11) is 2.12. The zero-order valence-corrected chi connectivity index (χ0v) is 19.5. The van der Waals surface area contributed by atoms with E-state index in [-0.39, 0.29) is 11.9 Å². The lowest BCUT2D eigenvalue weighted by Crippen LogP contribution is -2.43. The van der Waals surface area contributed by atoms with Crippen molar-refractivity contribution in [2.75, 3.05) is 33.2 Å². The molecule has 2 aliphatic rings. The molecule has 0 saturated carbocycles. The Morgan fingerprint density at radius 1 is 1.03 bits per heavy atom. The maximum atomic E-state index is 13.0. The summed E-state index contributed by atoms with van der Waals surface area (Å²) in [6, 6.07) is 8.59. The van der Waals surface area contributed by atoms with Gasteiger partial charge in [0.15, 0.2) is 5.69 Å². The molecule has 0 atom stereocenters. The van der Waals surface area contributed by atoms with Crippen molar-refractivity contribution in [1.29, 1.82) is 0 Å². The largest absolute Gasteiger partial charge is 0.348 e. The van der Waals surface area contributed by atoms with Gasteiger partial charge in [0.1, 0.15) is 0 Å². The van der Waals surface area contributed by atoms with E-state index in [0.29, 0.717) is 5.69 Å². The van der Waals surface area contributed by atoms with Crippen molar-refractivity contribution in [2.45, 2.75) is 51.1 Å². The van der Waals surface area contributed by atoms with Gasteiger partial charge in [0.25, 0.3) is 5.91 Å². The minimum Gasteiger partial charge on any atom is -0.348 e. The second-order valence-corrected chi connectivity index (χ2v) is 9.66. The van der Waals surface area contributed by atoms with Gasteiger partial charge in [-0.3, -0.25) is 19.8 Å². The average Bonchev–Trinajstić information content (AvgIpc) is 3.09. The average molecular weight is 447 g/mol. The highest BCUT2D eigenvalue weighted by atomic mass is 16.2. The fourth-order valence-electron chi connectivity index (χ4n) is 5.06. The summed E-state index contributed by atoms with van der Waals surface area (Å²) in [6.45, 7) is 5.30. The van der Waals surface area contributed by atoms with Gasteiger partial charge >= 0.3 is 0 Å². The molecule has 0 spiro atoms. The van der Waals surface area contributed by atoms with Gasteiger partial charge in [0.05, 0.1) is 5.52 Å². The van der Waals surface area contributed by atoms with E-state index in [1.54, 1.807) is 0 Å². The Balaban J connectivity index is 1.34. The smallest absolute Gasteiger partial charge is 0.272 e. The molecular weight excluding hydrogens is 412 g/mol. The van der Waals surface area contributed by atoms with Gasteiger partial charge in [0, 0.05) is 35.9 Å². The molecule has 0 bridgehead atoms. The van der Waals surface area contributed by atoms with Crippen LogP contribution in [0.5, 0.6) is 0 Å². The molecule has 2 fully saturated rings. The van der Waals surface area contributed by atoms with E-state index in [2.05, 4.69) is 55.5 Å². The number of aromatic nitrogens is 3. The van der Waals surface area contributed by atoms with Crippen molar-refractivity contribution in [2.24, 2.45) is 0 Å². The number of nitrogens with one attached hydrogen (secondary N) is 2. The summed E-state index contributed by atoms with van der Waals surface area (Å²) in [5.41, 5.74) is 4.72. The highest BCUT2D eigenvalue weighted by Gasteiger charge is 2.22. The Morgan fingerprint density at radius 2 is 1.82 bits per heavy atom. The molecular formula is C26H34N6O. The van der Waals surface area contributed by atoms with Crippen LogP contribution in [0.4, 0.5) is 0 Å². The molecule has 3 aromatic rings. The highest BCUT2D eigenvalue weighted by molar-refractivity contribution is 6.05. The van der Waals surface area contributed by atoms with E-state index in [9.17, 15) is 4.79 Å². The number of hydrogen-bond acceptors (Lipinski definition) is 5. The monoisotopic (exact) mass is 446 g/mol. The topological polar surface area (TPSA) is 77.1 Å². The number of fused-ring (bicyclic) bond motifs is 1. The van der Waals surface area contributed by atoms with Crippen LogP contribution in [0.2, 0.25) is 0 Å². The third kappa shape index (κ3) is 5.25. The van der Waals surface area contributed by atoms with Crippen LogP contribution in [0.15, 0.2) is 36.7 Å². The fourth-order valence-corrected chi connectivity index (χ4v) is 5.06. The van der Waals surface area contributed by atoms with E-state index in [4.69, 9.17) is 0 Å². The molecule has 5 rings (SSSR count). The summed E-state index contributed by atoms with van der Waals surface area (Å²) in [5, 5.41) is 11.4. The first-order chi connectivity index (χ1) is 16.2. The number of benzene rings is 1. The van der Waals surface area contributed by atoms with Crippen molar-refractivity contribution in [1.82, 2.24) is 30.3 Å². The van der Waals surface area contributed by atoms with Gasteiger partial charge in [-0.25, -0.2) is 0 Å². The summed E-state index contributed by atoms with van der Waals surface area (Å²) in [5.74, 6) is -0.0963. The number of pyridine rings is 1. The Bertz CT molecular complexity index is 1090. The lowest BCUT2D eigenvalue weighted by atomic mass is 10.0. The van der Waals surface area contributed by atoms with Crippen molar-refractivity contribution < 1.29 is 4.79 Å². The van der Waals surface area contributed by atoms with Crippen molar-refractivity contribution in [3.8, 4) is 11.1 Å². The van der Waals surface area contributed by atoms with Gasteiger partial charge in [0.2, 0.25) is 0 Å². The Morgan fingerprint density at radius 3 is 2.61 bits per heavy atom. The van der Waals surface area contributed by atoms with Gasteiger partial charge in [-0.15, -0.1) is 0 Å². The molecule has 2 saturated heterocycles. The quantitative estimate of drug-likeness (QED) is 0.623. The van der Waals surface area contributed by atoms with Crippen LogP contribution in [-0.2, 0) is 6.54 Å². The number of aromatic amines is 1. The number of hydrogen-bond donors (Lipinski definition) is 2. The molecule has 2 aliphatic heterocycles. The summed E-state index contributed by atoms with van der Waals surface area (Å²) in [4.78, 5) is 22.4. The normalized spacial score (nSPS) is 18.9. The molecule has 174 valence electrons. The number of likely N-dealkylation sites (tertiary alicyclic amines) is 2. The summed E-state index contributed by atoms with van der Waals surface area (Å²) in [6.07, 6.45) is 11.1. The standard InChI is InChI=1S/C26H34N6O/c1-31-12-8-22(9-13-31)28-26(33)25-23-15-20(6-7-24(23)29-30-25)21-14-19(16-27-17-21)18-32-10-4-2-3-5-11-32/h6-7,14-17,22H,2-5,8-13,18H2,1H3,(H,28,33)(H,29,30). The molecule has 7 heteroatoms. The summed E-state index contributed by atoms with van der Waals surface area (Å²) < 4.78 is 0. The second kappa shape index (κ2) is 10.0. The van der Waals surface area contributed by atoms with Crippen molar-refractivity contribution >= 4 is 16.8 Å². The SMILES string of the molecule is CN1CCC(NC(=O)c2n[nH]c3ccc(-c4cncc(CN5CCCCCC5)c4)cc23)CC1. The first kappa shape index (κ1) is 22.0. The predicted octanol–water partition coefficient (Wildman–Crippen LogP) is 3.82. The number of nitrogens with zero attached hydrogens (tertiary/aromatic N) is 4. The first-order valence-corrected chi connectivity index (χ1v) is 12.3. The number of piperidine rings is 1. The zero-order chi connectivity index (χ0) is 22.6. The van der Waals surface area contributed by atoms with Crippen LogP contribution in [0.3, 0.4) is 0 Å². The number of amides is 1. The third-order valence-electron chi connectivity index (χ3n) is 7.06. The van der Waals surface area contributed by atoms with Crippen molar-refractivity contribution in [3.05, 3.63) is 47.9 Å². The van der Waals surface area contributed by atoms with E-state index in [1.807, 2.05) is 18.5 Å². The van der Waals surface area contributed by atoms with Crippen LogP contribution in [0, 0.1) is 0 Å². The van der Waals surface area contributed by atoms with E-state index < -0.39 is 0 Å². The number of rotatable bonds is 5. The molecule has 0 aliphatic carbocycles. The Hall–Kier alpha value is -2.77. The lowest BCUT2D eigenvalue weighted by molar-refractivity contribution is 0.0913. The van der Waals surface area contributed by atoms with Gasteiger partial charge in [-0.2, -0.15) is 5.10 Å². The maximum absolute atomic E-state index is 13.0. The van der Waals surface area contributed by atoms with Gasteiger partial charge in [-0.1, -0.05) is 18.9 Å². The number of carbonyl (C=O) groups is 1. The van der Waals surface area contributed by atoms with E-state index >= 15 is 0 Å². The Kier molecular flexibility index (Phi) is 6.69. The number of H-pyrrole nitrogens is 1. The zero-order valence-electron chi connectivity index (χ0n) is 19.5. The summed E-state index contributed by atoms with van der Waals surface area (Å²) >= 11 is 0.